The number of fused-ring (bicyclic) bond motifs is 1. The Labute approximate surface area is 152 Å². The SMILES string of the molecule is CCOP(=O)(Cc1ccccc1N1C(=O)c2ccccc2C1=O)OCC. The number of rotatable bonds is 7. The van der Waals surface area contributed by atoms with Crippen LogP contribution in [0.5, 0.6) is 0 Å². The highest BCUT2D eigenvalue weighted by Crippen LogP contribution is 2.52. The number of imide groups is 1. The molecule has 2 aromatic rings. The maximum Gasteiger partial charge on any atom is 0.335 e. The van der Waals surface area contributed by atoms with Gasteiger partial charge in [-0.05, 0) is 37.6 Å². The first kappa shape index (κ1) is 18.5. The largest absolute Gasteiger partial charge is 0.335 e. The van der Waals surface area contributed by atoms with Crippen LogP contribution in [0.2, 0.25) is 0 Å². The highest BCUT2D eigenvalue weighted by Gasteiger charge is 2.38. The third-order valence-electron chi connectivity index (χ3n) is 4.04. The standard InChI is InChI=1S/C19H20NO5P/c1-3-24-26(23,25-4-2)13-14-9-5-8-12-17(14)20-18(21)15-10-6-7-11-16(15)19(20)22/h5-12H,3-4,13H2,1-2H3. The molecule has 1 aliphatic heterocycles. The van der Waals surface area contributed by atoms with Gasteiger partial charge in [0.2, 0.25) is 0 Å². The highest BCUT2D eigenvalue weighted by molar-refractivity contribution is 7.53. The van der Waals surface area contributed by atoms with Crippen molar-refractivity contribution in [1.82, 2.24) is 0 Å². The van der Waals surface area contributed by atoms with Gasteiger partial charge in [-0.1, -0.05) is 30.3 Å². The maximum atomic E-state index is 12.9. The molecular weight excluding hydrogens is 353 g/mol. The fourth-order valence-corrected chi connectivity index (χ4v) is 4.73. The van der Waals surface area contributed by atoms with Crippen LogP contribution in [0.25, 0.3) is 0 Å². The Hall–Kier alpha value is -2.27. The van der Waals surface area contributed by atoms with Crippen LogP contribution < -0.4 is 4.90 Å². The van der Waals surface area contributed by atoms with E-state index in [1.807, 2.05) is 0 Å². The van der Waals surface area contributed by atoms with Crippen molar-refractivity contribution in [2.24, 2.45) is 0 Å². The average molecular weight is 373 g/mol. The number of benzene rings is 2. The average Bonchev–Trinajstić information content (AvgIpc) is 2.87. The molecule has 6 nitrogen and oxygen atoms in total. The monoisotopic (exact) mass is 373 g/mol. The highest BCUT2D eigenvalue weighted by atomic mass is 31.2. The molecule has 7 heteroatoms. The Morgan fingerprint density at radius 2 is 1.35 bits per heavy atom. The Morgan fingerprint density at radius 1 is 0.846 bits per heavy atom. The minimum atomic E-state index is -3.37. The second-order valence-corrected chi connectivity index (χ2v) is 7.78. The summed E-state index contributed by atoms with van der Waals surface area (Å²) < 4.78 is 23.6. The van der Waals surface area contributed by atoms with Gasteiger partial charge in [0.1, 0.15) is 0 Å². The van der Waals surface area contributed by atoms with E-state index in [2.05, 4.69) is 0 Å². The molecule has 0 unspecified atom stereocenters. The Morgan fingerprint density at radius 3 is 1.88 bits per heavy atom. The third-order valence-corrected chi connectivity index (χ3v) is 6.07. The van der Waals surface area contributed by atoms with Gasteiger partial charge in [0.15, 0.2) is 0 Å². The normalized spacial score (nSPS) is 14.0. The second kappa shape index (κ2) is 7.54. The molecular formula is C19H20NO5P. The van der Waals surface area contributed by atoms with Crippen molar-refractivity contribution in [3.63, 3.8) is 0 Å². The number of anilines is 1. The van der Waals surface area contributed by atoms with Crippen molar-refractivity contribution in [1.29, 1.82) is 0 Å². The van der Waals surface area contributed by atoms with Crippen molar-refractivity contribution in [2.45, 2.75) is 20.0 Å². The predicted octanol–water partition coefficient (Wildman–Crippen LogP) is 4.25. The number of carbonyl (C=O) groups is 2. The number of para-hydroxylation sites is 1. The smallest absolute Gasteiger partial charge is 0.309 e. The molecule has 0 bridgehead atoms. The molecule has 3 rings (SSSR count). The van der Waals surface area contributed by atoms with Gasteiger partial charge in [-0.3, -0.25) is 14.2 Å². The summed E-state index contributed by atoms with van der Waals surface area (Å²) in [6.07, 6.45) is -0.0156. The van der Waals surface area contributed by atoms with Gasteiger partial charge in [-0.2, -0.15) is 0 Å². The molecule has 0 spiro atoms. The van der Waals surface area contributed by atoms with E-state index < -0.39 is 7.60 Å². The zero-order chi connectivity index (χ0) is 18.7. The van der Waals surface area contributed by atoms with E-state index in [0.717, 1.165) is 4.90 Å². The van der Waals surface area contributed by atoms with E-state index in [9.17, 15) is 14.2 Å². The van der Waals surface area contributed by atoms with Gasteiger partial charge in [0.05, 0.1) is 36.2 Å². The third kappa shape index (κ3) is 3.36. The molecule has 0 saturated heterocycles. The number of carbonyl (C=O) groups excluding carboxylic acids is 2. The van der Waals surface area contributed by atoms with Gasteiger partial charge >= 0.3 is 7.60 Å². The molecule has 0 radical (unpaired) electrons. The summed E-state index contributed by atoms with van der Waals surface area (Å²) in [4.78, 5) is 26.6. The fraction of sp³-hybridized carbons (Fsp3) is 0.263. The lowest BCUT2D eigenvalue weighted by Crippen LogP contribution is -2.30. The van der Waals surface area contributed by atoms with Crippen molar-refractivity contribution in [3.05, 3.63) is 65.2 Å². The molecule has 26 heavy (non-hydrogen) atoms. The summed E-state index contributed by atoms with van der Waals surface area (Å²) in [6, 6.07) is 13.6. The predicted molar refractivity (Wildman–Crippen MR) is 98.6 cm³/mol. The van der Waals surface area contributed by atoms with Crippen molar-refractivity contribution < 1.29 is 23.2 Å². The molecule has 1 aliphatic rings. The number of amides is 2. The Kier molecular flexibility index (Phi) is 5.37. The van der Waals surface area contributed by atoms with E-state index in [0.29, 0.717) is 22.4 Å². The van der Waals surface area contributed by atoms with E-state index in [1.165, 1.54) is 0 Å². The van der Waals surface area contributed by atoms with E-state index in [4.69, 9.17) is 9.05 Å². The molecule has 0 aliphatic carbocycles. The zero-order valence-electron chi connectivity index (χ0n) is 14.7. The van der Waals surface area contributed by atoms with Gasteiger partial charge in [-0.25, -0.2) is 4.90 Å². The van der Waals surface area contributed by atoms with Crippen molar-refractivity contribution in [2.75, 3.05) is 18.1 Å². The van der Waals surface area contributed by atoms with Crippen molar-refractivity contribution >= 4 is 25.1 Å². The van der Waals surface area contributed by atoms with Crippen LogP contribution in [0.4, 0.5) is 5.69 Å². The summed E-state index contributed by atoms with van der Waals surface area (Å²) in [5.41, 5.74) is 1.70. The first-order valence-electron chi connectivity index (χ1n) is 8.44. The second-order valence-electron chi connectivity index (χ2n) is 5.72. The lowest BCUT2D eigenvalue weighted by Gasteiger charge is -2.21. The van der Waals surface area contributed by atoms with Gasteiger partial charge < -0.3 is 9.05 Å². The summed E-state index contributed by atoms with van der Waals surface area (Å²) in [5, 5.41) is 0. The van der Waals surface area contributed by atoms with Crippen LogP contribution in [0.1, 0.15) is 40.1 Å². The van der Waals surface area contributed by atoms with E-state index in [1.54, 1.807) is 62.4 Å². The van der Waals surface area contributed by atoms with Crippen LogP contribution in [0.3, 0.4) is 0 Å². The Balaban J connectivity index is 2.00. The maximum absolute atomic E-state index is 12.9. The van der Waals surface area contributed by atoms with Crippen LogP contribution in [0, 0.1) is 0 Å². The molecule has 136 valence electrons. The molecule has 1 heterocycles. The number of hydrogen-bond acceptors (Lipinski definition) is 5. The topological polar surface area (TPSA) is 72.9 Å². The van der Waals surface area contributed by atoms with Crippen LogP contribution >= 0.6 is 7.60 Å². The first-order valence-corrected chi connectivity index (χ1v) is 10.2. The molecule has 0 fully saturated rings. The fourth-order valence-electron chi connectivity index (χ4n) is 3.00. The van der Waals surface area contributed by atoms with Crippen LogP contribution in [0.15, 0.2) is 48.5 Å². The Bertz CT molecular complexity index is 850. The molecule has 0 aromatic heterocycles. The number of nitrogens with zero attached hydrogens (tertiary/aromatic N) is 1. The summed E-state index contributed by atoms with van der Waals surface area (Å²) >= 11 is 0. The molecule has 2 amide bonds. The molecule has 2 aromatic carbocycles. The molecule has 0 N–H and O–H groups in total. The van der Waals surface area contributed by atoms with Gasteiger partial charge in [0.25, 0.3) is 11.8 Å². The molecule has 0 atom stereocenters. The van der Waals surface area contributed by atoms with Crippen molar-refractivity contribution in [3.8, 4) is 0 Å². The van der Waals surface area contributed by atoms with E-state index >= 15 is 0 Å². The number of hydrogen-bond donors (Lipinski definition) is 0. The lowest BCUT2D eigenvalue weighted by atomic mass is 10.1. The minimum absolute atomic E-state index is 0.0156. The quantitative estimate of drug-likeness (QED) is 0.536. The molecule has 0 saturated carbocycles. The van der Waals surface area contributed by atoms with Gasteiger partial charge in [-0.15, -0.1) is 0 Å². The minimum Gasteiger partial charge on any atom is -0.309 e. The van der Waals surface area contributed by atoms with Gasteiger partial charge in [0, 0.05) is 0 Å². The summed E-state index contributed by atoms with van der Waals surface area (Å²) in [6.45, 7) is 3.96. The summed E-state index contributed by atoms with van der Waals surface area (Å²) in [7, 11) is -3.37. The zero-order valence-corrected chi connectivity index (χ0v) is 15.6. The first-order chi connectivity index (χ1) is 12.5. The van der Waals surface area contributed by atoms with Crippen LogP contribution in [-0.4, -0.2) is 25.0 Å². The van der Waals surface area contributed by atoms with Crippen LogP contribution in [-0.2, 0) is 19.8 Å². The lowest BCUT2D eigenvalue weighted by molar-refractivity contribution is 0.0925. The van der Waals surface area contributed by atoms with E-state index in [-0.39, 0.29) is 31.2 Å². The summed E-state index contributed by atoms with van der Waals surface area (Å²) in [5.74, 6) is -0.776.